The van der Waals surface area contributed by atoms with Crippen LogP contribution in [0.2, 0.25) is 0 Å². The maximum atomic E-state index is 11.6. The summed E-state index contributed by atoms with van der Waals surface area (Å²) < 4.78 is 0. The third-order valence-electron chi connectivity index (χ3n) is 2.24. The van der Waals surface area contributed by atoms with E-state index in [1.165, 1.54) is 5.01 Å². The van der Waals surface area contributed by atoms with Crippen LogP contribution in [0.4, 0.5) is 5.69 Å². The lowest BCUT2D eigenvalue weighted by atomic mass is 10.1. The van der Waals surface area contributed by atoms with Gasteiger partial charge in [-0.1, -0.05) is 18.2 Å². The van der Waals surface area contributed by atoms with E-state index in [0.717, 1.165) is 5.69 Å². The number of rotatable bonds is 1. The Hall–Kier alpha value is -1.84. The minimum absolute atomic E-state index is 0.0753. The molecule has 1 amide bonds. The van der Waals surface area contributed by atoms with Gasteiger partial charge in [0.15, 0.2) is 0 Å². The van der Waals surface area contributed by atoms with Gasteiger partial charge in [0, 0.05) is 0 Å². The molecular weight excluding hydrogens is 178 g/mol. The third kappa shape index (κ3) is 1.25. The maximum Gasteiger partial charge on any atom is 0.257 e. The number of carbonyl (C=O) groups excluding carboxylic acids is 1. The molecule has 0 spiro atoms. The fourth-order valence-electron chi connectivity index (χ4n) is 1.32. The quantitative estimate of drug-likeness (QED) is 0.714. The number of carbonyl (C=O) groups is 1. The number of nitrogens with two attached hydrogens (primary N) is 1. The molecule has 0 saturated carbocycles. The van der Waals surface area contributed by atoms with Gasteiger partial charge in [-0.05, 0) is 19.1 Å². The minimum Gasteiger partial charge on any atom is -0.385 e. The van der Waals surface area contributed by atoms with E-state index in [0.29, 0.717) is 5.84 Å². The number of amidine groups is 1. The normalized spacial score (nSPS) is 21.2. The first-order valence-electron chi connectivity index (χ1n) is 4.43. The average Bonchev–Trinajstić information content (AvgIpc) is 2.47. The van der Waals surface area contributed by atoms with E-state index < -0.39 is 0 Å². The molecule has 0 aliphatic carbocycles. The van der Waals surface area contributed by atoms with E-state index in [9.17, 15) is 4.79 Å². The molecule has 1 aliphatic heterocycles. The van der Waals surface area contributed by atoms with E-state index in [1.807, 2.05) is 30.3 Å². The Morgan fingerprint density at radius 2 is 2.00 bits per heavy atom. The fourth-order valence-corrected chi connectivity index (χ4v) is 1.32. The summed E-state index contributed by atoms with van der Waals surface area (Å²) in [6.45, 7) is 1.75. The molecule has 14 heavy (non-hydrogen) atoms. The van der Waals surface area contributed by atoms with Crippen molar-refractivity contribution in [2.24, 2.45) is 16.8 Å². The highest BCUT2D eigenvalue weighted by atomic mass is 16.2. The summed E-state index contributed by atoms with van der Waals surface area (Å²) in [4.78, 5) is 11.6. The number of nitrogens with zero attached hydrogens (tertiary/aromatic N) is 2. The molecule has 1 aromatic carbocycles. The van der Waals surface area contributed by atoms with Gasteiger partial charge in [-0.25, -0.2) is 0 Å². The molecule has 72 valence electrons. The predicted molar refractivity (Wildman–Crippen MR) is 54.7 cm³/mol. The van der Waals surface area contributed by atoms with Gasteiger partial charge in [-0.3, -0.25) is 4.79 Å². The zero-order chi connectivity index (χ0) is 10.1. The third-order valence-corrected chi connectivity index (χ3v) is 2.24. The molecule has 1 atom stereocenters. The van der Waals surface area contributed by atoms with E-state index in [-0.39, 0.29) is 11.8 Å². The summed E-state index contributed by atoms with van der Waals surface area (Å²) in [7, 11) is 0. The molecule has 1 heterocycles. The Morgan fingerprint density at radius 3 is 2.50 bits per heavy atom. The minimum atomic E-state index is -0.310. The van der Waals surface area contributed by atoms with Crippen molar-refractivity contribution in [1.82, 2.24) is 0 Å². The largest absolute Gasteiger partial charge is 0.385 e. The van der Waals surface area contributed by atoms with Crippen molar-refractivity contribution in [2.45, 2.75) is 6.92 Å². The van der Waals surface area contributed by atoms with Crippen molar-refractivity contribution in [3.05, 3.63) is 30.3 Å². The van der Waals surface area contributed by atoms with Crippen LogP contribution in [-0.4, -0.2) is 11.7 Å². The van der Waals surface area contributed by atoms with Gasteiger partial charge in [0.1, 0.15) is 5.84 Å². The second kappa shape index (κ2) is 3.14. The Kier molecular flexibility index (Phi) is 1.96. The van der Waals surface area contributed by atoms with E-state index >= 15 is 0 Å². The molecule has 4 nitrogen and oxygen atoms in total. The average molecular weight is 189 g/mol. The molecule has 2 N–H and O–H groups in total. The van der Waals surface area contributed by atoms with Crippen LogP contribution in [0.25, 0.3) is 0 Å². The van der Waals surface area contributed by atoms with Crippen molar-refractivity contribution in [1.29, 1.82) is 0 Å². The number of para-hydroxylation sites is 1. The monoisotopic (exact) mass is 189 g/mol. The van der Waals surface area contributed by atoms with Crippen molar-refractivity contribution < 1.29 is 4.79 Å². The lowest BCUT2D eigenvalue weighted by molar-refractivity contribution is -0.119. The van der Waals surface area contributed by atoms with Crippen LogP contribution < -0.4 is 10.7 Å². The van der Waals surface area contributed by atoms with E-state index in [4.69, 9.17) is 5.73 Å². The van der Waals surface area contributed by atoms with Crippen molar-refractivity contribution in [2.75, 3.05) is 5.01 Å². The van der Waals surface area contributed by atoms with Gasteiger partial charge < -0.3 is 5.73 Å². The zero-order valence-corrected chi connectivity index (χ0v) is 7.84. The van der Waals surface area contributed by atoms with Crippen LogP contribution in [-0.2, 0) is 4.79 Å². The summed E-state index contributed by atoms with van der Waals surface area (Å²) in [6.07, 6.45) is 0. The van der Waals surface area contributed by atoms with Gasteiger partial charge in [0.2, 0.25) is 0 Å². The molecule has 0 aromatic heterocycles. The summed E-state index contributed by atoms with van der Waals surface area (Å²) in [5.41, 5.74) is 6.34. The molecule has 0 unspecified atom stereocenters. The Labute approximate surface area is 82.0 Å². The lowest BCUT2D eigenvalue weighted by Crippen LogP contribution is -2.27. The van der Waals surface area contributed by atoms with Crippen LogP contribution in [0.1, 0.15) is 6.92 Å². The first-order valence-corrected chi connectivity index (χ1v) is 4.43. The van der Waals surface area contributed by atoms with Gasteiger partial charge >= 0.3 is 0 Å². The van der Waals surface area contributed by atoms with Crippen LogP contribution in [0.15, 0.2) is 35.4 Å². The van der Waals surface area contributed by atoms with E-state index in [1.54, 1.807) is 6.92 Å². The summed E-state index contributed by atoms with van der Waals surface area (Å²) in [5, 5.41) is 5.35. The molecular formula is C10H11N3O. The number of anilines is 1. The number of amides is 1. The molecule has 2 rings (SSSR count). The van der Waals surface area contributed by atoms with Gasteiger partial charge in [-0.15, -0.1) is 0 Å². The summed E-state index contributed by atoms with van der Waals surface area (Å²) in [6, 6.07) is 9.26. The topological polar surface area (TPSA) is 58.7 Å². The smallest absolute Gasteiger partial charge is 0.257 e. The SMILES string of the molecule is C[C@H]1C(=O)N(c2ccccc2)N=C1N. The van der Waals surface area contributed by atoms with Crippen LogP contribution in [0, 0.1) is 5.92 Å². The molecule has 0 radical (unpaired) electrons. The van der Waals surface area contributed by atoms with Crippen LogP contribution in [0.3, 0.4) is 0 Å². The highest BCUT2D eigenvalue weighted by Gasteiger charge is 2.31. The summed E-state index contributed by atoms with van der Waals surface area (Å²) in [5.74, 6) is -0.0113. The maximum absolute atomic E-state index is 11.6. The zero-order valence-electron chi connectivity index (χ0n) is 7.84. The lowest BCUT2D eigenvalue weighted by Gasteiger charge is -2.11. The highest BCUT2D eigenvalue weighted by molar-refractivity contribution is 6.13. The molecule has 1 aromatic rings. The van der Waals surface area contributed by atoms with Crippen LogP contribution >= 0.6 is 0 Å². The standard InChI is InChI=1S/C10H11N3O/c1-7-9(11)12-13(10(7)14)8-5-3-2-4-6-8/h2-7H,1H3,(H2,11,12)/t7-/m1/s1. The Balaban J connectivity index is 2.35. The predicted octanol–water partition coefficient (Wildman–Crippen LogP) is 0.942. The first-order chi connectivity index (χ1) is 6.70. The molecule has 0 fully saturated rings. The number of hydrogen-bond acceptors (Lipinski definition) is 3. The second-order valence-corrected chi connectivity index (χ2v) is 3.23. The van der Waals surface area contributed by atoms with Crippen molar-refractivity contribution in [3.63, 3.8) is 0 Å². The van der Waals surface area contributed by atoms with Gasteiger partial charge in [0.05, 0.1) is 11.6 Å². The molecule has 1 aliphatic rings. The number of hydrazone groups is 1. The highest BCUT2D eigenvalue weighted by Crippen LogP contribution is 2.21. The second-order valence-electron chi connectivity index (χ2n) is 3.23. The molecule has 4 heteroatoms. The van der Waals surface area contributed by atoms with Crippen LogP contribution in [0.5, 0.6) is 0 Å². The first kappa shape index (κ1) is 8.74. The fraction of sp³-hybridized carbons (Fsp3) is 0.200. The molecule has 0 bridgehead atoms. The molecule has 0 saturated heterocycles. The summed E-state index contributed by atoms with van der Waals surface area (Å²) >= 11 is 0. The number of hydrogen-bond donors (Lipinski definition) is 1. The van der Waals surface area contributed by atoms with Crippen molar-refractivity contribution in [3.8, 4) is 0 Å². The van der Waals surface area contributed by atoms with Gasteiger partial charge in [0.25, 0.3) is 5.91 Å². The Bertz CT molecular complexity index is 386. The van der Waals surface area contributed by atoms with E-state index in [2.05, 4.69) is 5.10 Å². The number of benzene rings is 1. The van der Waals surface area contributed by atoms with Gasteiger partial charge in [-0.2, -0.15) is 10.1 Å². The Morgan fingerprint density at radius 1 is 1.36 bits per heavy atom. The van der Waals surface area contributed by atoms with Crippen molar-refractivity contribution >= 4 is 17.4 Å².